The van der Waals surface area contributed by atoms with E-state index in [2.05, 4.69) is 6.42 Å². The summed E-state index contributed by atoms with van der Waals surface area (Å²) in [7, 11) is 0. The molecule has 170 valence electrons. The van der Waals surface area contributed by atoms with Gasteiger partial charge in [0, 0.05) is 6.61 Å². The lowest BCUT2D eigenvalue weighted by atomic mass is 9.95. The van der Waals surface area contributed by atoms with Crippen LogP contribution in [0.2, 0.25) is 0 Å². The predicted octanol–water partition coefficient (Wildman–Crippen LogP) is 7.36. The Bertz CT molecular complexity index is 420. The molecule has 0 amide bonds. The maximum Gasteiger partial charge on any atom is 0.454 e. The van der Waals surface area contributed by atoms with Gasteiger partial charge in [-0.3, -0.25) is 4.79 Å². The van der Waals surface area contributed by atoms with Crippen molar-refractivity contribution in [1.29, 1.82) is 0 Å². The lowest BCUT2D eigenvalue weighted by molar-refractivity contribution is -0.294. The average Bonchev–Trinajstić information content (AvgIpc) is 2.68. The Balaban J connectivity index is 1.90. The van der Waals surface area contributed by atoms with Gasteiger partial charge < -0.3 is 4.74 Å². The van der Waals surface area contributed by atoms with E-state index < -0.39 is 24.4 Å². The van der Waals surface area contributed by atoms with E-state index in [4.69, 9.17) is 4.74 Å². The highest BCUT2D eigenvalue weighted by Gasteiger charge is 2.62. The molecule has 0 spiro atoms. The summed E-state index contributed by atoms with van der Waals surface area (Å²) in [6.07, 6.45) is 11.3. The van der Waals surface area contributed by atoms with Crippen LogP contribution in [0.3, 0.4) is 0 Å². The zero-order valence-corrected chi connectivity index (χ0v) is 17.3. The van der Waals surface area contributed by atoms with Crippen molar-refractivity contribution in [3.05, 3.63) is 6.42 Å². The zero-order chi connectivity index (χ0) is 21.6. The van der Waals surface area contributed by atoms with E-state index in [9.17, 15) is 26.7 Å². The molecule has 2 radical (unpaired) electrons. The number of hydrogen-bond acceptors (Lipinski definition) is 2. The fraction of sp³-hybridized carbons (Fsp3) is 0.909. The number of rotatable bonds is 16. The van der Waals surface area contributed by atoms with Crippen molar-refractivity contribution in [3.63, 3.8) is 0 Å². The summed E-state index contributed by atoms with van der Waals surface area (Å²) in [4.78, 5) is 10.5. The van der Waals surface area contributed by atoms with Crippen LogP contribution in [-0.4, -0.2) is 31.1 Å². The van der Waals surface area contributed by atoms with E-state index in [1.54, 1.807) is 0 Å². The topological polar surface area (TPSA) is 26.3 Å². The monoisotopic (exact) mass is 426 g/mol. The van der Waals surface area contributed by atoms with Crippen molar-refractivity contribution in [3.8, 4) is 0 Å². The van der Waals surface area contributed by atoms with Crippen LogP contribution >= 0.6 is 0 Å². The second-order valence-corrected chi connectivity index (χ2v) is 8.05. The fourth-order valence-corrected chi connectivity index (χ4v) is 3.69. The smallest absolute Gasteiger partial charge is 0.378 e. The maximum absolute atomic E-state index is 13.1. The first-order chi connectivity index (χ1) is 13.8. The van der Waals surface area contributed by atoms with Crippen LogP contribution in [0.1, 0.15) is 96.3 Å². The van der Waals surface area contributed by atoms with Crippen LogP contribution in [0.5, 0.6) is 0 Å². The molecule has 1 saturated carbocycles. The summed E-state index contributed by atoms with van der Waals surface area (Å²) >= 11 is 0. The molecule has 0 aromatic carbocycles. The van der Waals surface area contributed by atoms with Gasteiger partial charge in [-0.1, -0.05) is 57.8 Å². The summed E-state index contributed by atoms with van der Waals surface area (Å²) in [5.41, 5.74) is 0. The third-order valence-corrected chi connectivity index (χ3v) is 5.58. The van der Waals surface area contributed by atoms with Gasteiger partial charge in [-0.15, -0.1) is 0 Å². The molecule has 0 saturated heterocycles. The number of halogens is 5. The molecule has 1 aliphatic rings. The molecule has 1 unspecified atom stereocenters. The van der Waals surface area contributed by atoms with Crippen LogP contribution < -0.4 is 0 Å². The van der Waals surface area contributed by atoms with Gasteiger partial charge in [-0.2, -0.15) is 22.0 Å². The molecule has 1 rings (SSSR count). The summed E-state index contributed by atoms with van der Waals surface area (Å²) in [5.74, 6) is -7.39. The zero-order valence-electron chi connectivity index (χ0n) is 17.3. The third kappa shape index (κ3) is 10.7. The van der Waals surface area contributed by atoms with Crippen molar-refractivity contribution < 1.29 is 31.5 Å². The van der Waals surface area contributed by atoms with E-state index in [-0.39, 0.29) is 6.42 Å². The molecule has 29 heavy (non-hydrogen) atoms. The lowest BCUT2D eigenvalue weighted by Gasteiger charge is -2.24. The van der Waals surface area contributed by atoms with Gasteiger partial charge in [-0.05, 0) is 44.9 Å². The molecule has 0 aromatic rings. The summed E-state index contributed by atoms with van der Waals surface area (Å²) in [6, 6.07) is 0. The Morgan fingerprint density at radius 3 is 1.79 bits per heavy atom. The van der Waals surface area contributed by atoms with E-state index >= 15 is 0 Å². The largest absolute Gasteiger partial charge is 0.454 e. The predicted molar refractivity (Wildman–Crippen MR) is 103 cm³/mol. The first kappa shape index (κ1) is 26.3. The molecule has 1 aliphatic carbocycles. The van der Waals surface area contributed by atoms with Crippen LogP contribution in [0.15, 0.2) is 0 Å². The van der Waals surface area contributed by atoms with E-state index in [0.717, 1.165) is 70.7 Å². The van der Waals surface area contributed by atoms with Crippen molar-refractivity contribution >= 4 is 6.29 Å². The number of unbranched alkanes of at least 4 members (excludes halogenated alkanes) is 9. The molecule has 1 fully saturated rings. The minimum Gasteiger partial charge on any atom is -0.378 e. The van der Waals surface area contributed by atoms with Crippen LogP contribution in [-0.2, 0) is 9.53 Å². The van der Waals surface area contributed by atoms with Gasteiger partial charge in [0.2, 0.25) is 6.29 Å². The highest BCUT2D eigenvalue weighted by molar-refractivity contribution is 5.56. The first-order valence-electron chi connectivity index (χ1n) is 11.0. The standard InChI is InChI=1S/C22H35F5O2/c23-21(24,22(25,26)27)19(18-28)14-10-7-5-3-1-2-4-6-8-13-17-29-20-15-11-9-12-16-20/h9,19-20H,1-8,10-17H2. The first-order valence-corrected chi connectivity index (χ1v) is 11.0. The molecular formula is C22H35F5O2. The quantitative estimate of drug-likeness (QED) is 0.190. The summed E-state index contributed by atoms with van der Waals surface area (Å²) < 4.78 is 68.9. The number of alkyl halides is 5. The Morgan fingerprint density at radius 2 is 1.31 bits per heavy atom. The SMILES string of the molecule is O=[C]C(CCCCCCCCCCCCOC1CC[CH]CC1)C(F)(F)C(F)(F)F. The van der Waals surface area contributed by atoms with E-state index in [0.29, 0.717) is 12.5 Å². The maximum atomic E-state index is 13.1. The molecular weight excluding hydrogens is 391 g/mol. The number of ether oxygens (including phenoxy) is 1. The molecule has 2 nitrogen and oxygen atoms in total. The highest BCUT2D eigenvalue weighted by Crippen LogP contribution is 2.42. The van der Waals surface area contributed by atoms with Gasteiger partial charge in [0.05, 0.1) is 12.0 Å². The van der Waals surface area contributed by atoms with Crippen LogP contribution in [0.25, 0.3) is 0 Å². The Morgan fingerprint density at radius 1 is 0.828 bits per heavy atom. The minimum atomic E-state index is -5.70. The van der Waals surface area contributed by atoms with Crippen LogP contribution in [0.4, 0.5) is 22.0 Å². The molecule has 0 bridgehead atoms. The van der Waals surface area contributed by atoms with Crippen molar-refractivity contribution in [2.24, 2.45) is 5.92 Å². The number of hydrogen-bond donors (Lipinski definition) is 0. The van der Waals surface area contributed by atoms with E-state index in [1.807, 2.05) is 0 Å². The van der Waals surface area contributed by atoms with Crippen molar-refractivity contribution in [2.75, 3.05) is 6.61 Å². The average molecular weight is 427 g/mol. The van der Waals surface area contributed by atoms with Gasteiger partial charge >= 0.3 is 12.1 Å². The normalized spacial score (nSPS) is 17.4. The van der Waals surface area contributed by atoms with E-state index in [1.165, 1.54) is 19.3 Å². The molecule has 0 aromatic heterocycles. The summed E-state index contributed by atoms with van der Waals surface area (Å²) in [6.45, 7) is 0.845. The fourth-order valence-electron chi connectivity index (χ4n) is 3.69. The van der Waals surface area contributed by atoms with Gasteiger partial charge in [0.15, 0.2) is 0 Å². The number of carbonyl (C=O) groups excluding carboxylic acids is 1. The van der Waals surface area contributed by atoms with Crippen molar-refractivity contribution in [1.82, 2.24) is 0 Å². The minimum absolute atomic E-state index is 0.185. The Hall–Kier alpha value is -0.720. The summed E-state index contributed by atoms with van der Waals surface area (Å²) in [5, 5.41) is 0. The second-order valence-electron chi connectivity index (χ2n) is 8.05. The molecule has 0 aliphatic heterocycles. The molecule has 0 N–H and O–H groups in total. The molecule has 7 heteroatoms. The highest BCUT2D eigenvalue weighted by atomic mass is 19.4. The second kappa shape index (κ2) is 14.3. The Labute approximate surface area is 171 Å². The van der Waals surface area contributed by atoms with Gasteiger partial charge in [-0.25, -0.2) is 0 Å². The van der Waals surface area contributed by atoms with Gasteiger partial charge in [0.25, 0.3) is 0 Å². The molecule has 1 atom stereocenters. The lowest BCUT2D eigenvalue weighted by Crippen LogP contribution is -2.44. The van der Waals surface area contributed by atoms with Crippen molar-refractivity contribution in [2.45, 2.75) is 115 Å². The third-order valence-electron chi connectivity index (χ3n) is 5.58. The van der Waals surface area contributed by atoms with Crippen LogP contribution in [0, 0.1) is 12.3 Å². The van der Waals surface area contributed by atoms with Gasteiger partial charge in [0.1, 0.15) is 0 Å². The Kier molecular flexibility index (Phi) is 13.0. The molecule has 0 heterocycles.